The summed E-state index contributed by atoms with van der Waals surface area (Å²) in [6.45, 7) is 3.61. The summed E-state index contributed by atoms with van der Waals surface area (Å²) in [5, 5.41) is 1.94. The molecular formula is C20H17ClO2. The minimum absolute atomic E-state index is 0.374. The summed E-state index contributed by atoms with van der Waals surface area (Å²) < 4.78 is 5.90. The smallest absolute Gasteiger partial charge is 0.231 e. The minimum Gasteiger partial charge on any atom is -0.457 e. The van der Waals surface area contributed by atoms with Crippen LogP contribution < -0.4 is 4.74 Å². The highest BCUT2D eigenvalue weighted by molar-refractivity contribution is 6.65. The molecule has 3 rings (SSSR count). The van der Waals surface area contributed by atoms with Crippen LogP contribution in [0.25, 0.3) is 10.8 Å². The highest BCUT2D eigenvalue weighted by Crippen LogP contribution is 2.30. The number of rotatable bonds is 4. The second-order valence-corrected chi connectivity index (χ2v) is 6.38. The van der Waals surface area contributed by atoms with Crippen molar-refractivity contribution in [1.29, 1.82) is 0 Å². The number of halogens is 1. The first-order chi connectivity index (χ1) is 11.0. The zero-order valence-corrected chi connectivity index (χ0v) is 13.8. The van der Waals surface area contributed by atoms with Gasteiger partial charge in [-0.15, -0.1) is 0 Å². The van der Waals surface area contributed by atoms with Crippen molar-refractivity contribution in [3.63, 3.8) is 0 Å². The maximum Gasteiger partial charge on any atom is 0.231 e. The lowest BCUT2D eigenvalue weighted by Crippen LogP contribution is -2.24. The van der Waals surface area contributed by atoms with Gasteiger partial charge >= 0.3 is 0 Å². The number of ether oxygens (including phenoxy) is 1. The van der Waals surface area contributed by atoms with Crippen molar-refractivity contribution in [2.45, 2.75) is 19.3 Å². The van der Waals surface area contributed by atoms with Gasteiger partial charge in [0.15, 0.2) is 0 Å². The van der Waals surface area contributed by atoms with E-state index in [1.54, 1.807) is 0 Å². The average Bonchev–Trinajstić information content (AvgIpc) is 2.55. The number of carbonyl (C=O) groups is 1. The molecule has 0 aromatic heterocycles. The summed E-state index contributed by atoms with van der Waals surface area (Å²) in [5.41, 5.74) is 0.159. The van der Waals surface area contributed by atoms with Gasteiger partial charge in [0, 0.05) is 0 Å². The van der Waals surface area contributed by atoms with Gasteiger partial charge in [-0.2, -0.15) is 0 Å². The predicted octanol–water partition coefficient (Wildman–Crippen LogP) is 5.68. The molecule has 0 amide bonds. The third-order valence-electron chi connectivity index (χ3n) is 4.02. The molecule has 2 nitrogen and oxygen atoms in total. The van der Waals surface area contributed by atoms with E-state index < -0.39 is 5.41 Å². The topological polar surface area (TPSA) is 26.3 Å². The fraction of sp³-hybridized carbons (Fsp3) is 0.150. The zero-order valence-electron chi connectivity index (χ0n) is 13.0. The van der Waals surface area contributed by atoms with Gasteiger partial charge in [-0.05, 0) is 66.0 Å². The average molecular weight is 325 g/mol. The van der Waals surface area contributed by atoms with Gasteiger partial charge in [-0.25, -0.2) is 0 Å². The molecule has 3 aromatic rings. The van der Waals surface area contributed by atoms with E-state index in [0.717, 1.165) is 22.4 Å². The summed E-state index contributed by atoms with van der Waals surface area (Å²) in [7, 11) is 0. The molecule has 0 aliphatic heterocycles. The molecule has 0 spiro atoms. The highest BCUT2D eigenvalue weighted by Gasteiger charge is 2.27. The van der Waals surface area contributed by atoms with Crippen LogP contribution in [0, 0.1) is 0 Å². The Morgan fingerprint density at radius 1 is 0.870 bits per heavy atom. The molecule has 23 heavy (non-hydrogen) atoms. The minimum atomic E-state index is -0.705. The van der Waals surface area contributed by atoms with Crippen LogP contribution in [-0.2, 0) is 10.2 Å². The van der Waals surface area contributed by atoms with Gasteiger partial charge in [0.25, 0.3) is 0 Å². The summed E-state index contributed by atoms with van der Waals surface area (Å²) in [4.78, 5) is 11.5. The van der Waals surface area contributed by atoms with Gasteiger partial charge in [0.1, 0.15) is 11.5 Å². The summed E-state index contributed by atoms with van der Waals surface area (Å²) in [6.07, 6.45) is 0. The summed E-state index contributed by atoms with van der Waals surface area (Å²) >= 11 is 5.66. The summed E-state index contributed by atoms with van der Waals surface area (Å²) in [5.74, 6) is 1.51. The third kappa shape index (κ3) is 3.22. The van der Waals surface area contributed by atoms with Crippen molar-refractivity contribution < 1.29 is 9.53 Å². The molecule has 0 atom stereocenters. The molecule has 0 aliphatic rings. The predicted molar refractivity (Wildman–Crippen MR) is 94.4 cm³/mol. The molecular weight excluding hydrogens is 308 g/mol. The molecule has 0 unspecified atom stereocenters. The third-order valence-corrected chi connectivity index (χ3v) is 4.50. The number of hydrogen-bond acceptors (Lipinski definition) is 2. The molecule has 3 aromatic carbocycles. The molecule has 0 bridgehead atoms. The molecule has 0 saturated carbocycles. The van der Waals surface area contributed by atoms with Crippen LogP contribution in [0.1, 0.15) is 19.4 Å². The maximum atomic E-state index is 11.5. The fourth-order valence-corrected chi connectivity index (χ4v) is 2.53. The number of fused-ring (bicyclic) bond motifs is 1. The molecule has 0 aliphatic carbocycles. The molecule has 0 radical (unpaired) electrons. The number of hydrogen-bond donors (Lipinski definition) is 0. The van der Waals surface area contributed by atoms with E-state index in [9.17, 15) is 4.79 Å². The first kappa shape index (κ1) is 15.6. The Hall–Kier alpha value is -2.32. The van der Waals surface area contributed by atoms with Gasteiger partial charge in [0.05, 0.1) is 5.41 Å². The first-order valence-corrected chi connectivity index (χ1v) is 7.82. The molecule has 0 N–H and O–H groups in total. The first-order valence-electron chi connectivity index (χ1n) is 7.44. The van der Waals surface area contributed by atoms with E-state index >= 15 is 0 Å². The van der Waals surface area contributed by atoms with Crippen LogP contribution in [0.4, 0.5) is 0 Å². The Balaban J connectivity index is 1.83. The molecule has 116 valence electrons. The van der Waals surface area contributed by atoms with Crippen LogP contribution in [0.15, 0.2) is 66.7 Å². The normalized spacial score (nSPS) is 11.4. The van der Waals surface area contributed by atoms with Crippen molar-refractivity contribution in [1.82, 2.24) is 0 Å². The quantitative estimate of drug-likeness (QED) is 0.577. The Morgan fingerprint density at radius 3 is 2.13 bits per heavy atom. The second-order valence-electron chi connectivity index (χ2n) is 6.03. The van der Waals surface area contributed by atoms with E-state index in [4.69, 9.17) is 16.3 Å². The molecule has 3 heteroatoms. The van der Waals surface area contributed by atoms with E-state index in [-0.39, 0.29) is 5.24 Å². The number of benzene rings is 3. The van der Waals surface area contributed by atoms with Gasteiger partial charge in [-0.3, -0.25) is 4.79 Å². The molecule has 0 heterocycles. The second kappa shape index (κ2) is 6.05. The molecule has 0 saturated heterocycles. The van der Waals surface area contributed by atoms with Crippen LogP contribution in [0.3, 0.4) is 0 Å². The fourth-order valence-electron chi connectivity index (χ4n) is 2.42. The Labute approximate surface area is 140 Å². The SMILES string of the molecule is CC(C)(C(=O)Cl)c1ccc(Oc2ccc3ccccc3c2)cc1. The lowest BCUT2D eigenvalue weighted by molar-refractivity contribution is -0.115. The van der Waals surface area contributed by atoms with Gasteiger partial charge in [0.2, 0.25) is 5.24 Å². The zero-order chi connectivity index (χ0) is 16.4. The molecule has 0 fully saturated rings. The van der Waals surface area contributed by atoms with Crippen LogP contribution in [0.2, 0.25) is 0 Å². The maximum absolute atomic E-state index is 11.5. The van der Waals surface area contributed by atoms with Crippen molar-refractivity contribution in [2.24, 2.45) is 0 Å². The van der Waals surface area contributed by atoms with E-state index in [0.29, 0.717) is 0 Å². The van der Waals surface area contributed by atoms with E-state index in [2.05, 4.69) is 12.1 Å². The van der Waals surface area contributed by atoms with E-state index in [1.807, 2.05) is 68.4 Å². The Kier molecular flexibility index (Phi) is 4.10. The van der Waals surface area contributed by atoms with E-state index in [1.165, 1.54) is 5.39 Å². The van der Waals surface area contributed by atoms with Gasteiger partial charge in [-0.1, -0.05) is 42.5 Å². The summed E-state index contributed by atoms with van der Waals surface area (Å²) in [6, 6.07) is 21.6. The monoisotopic (exact) mass is 324 g/mol. The van der Waals surface area contributed by atoms with Gasteiger partial charge < -0.3 is 4.74 Å². The van der Waals surface area contributed by atoms with Crippen LogP contribution in [0.5, 0.6) is 11.5 Å². The number of carbonyl (C=O) groups excluding carboxylic acids is 1. The lowest BCUT2D eigenvalue weighted by Gasteiger charge is -2.20. The Morgan fingerprint density at radius 2 is 1.48 bits per heavy atom. The highest BCUT2D eigenvalue weighted by atomic mass is 35.5. The van der Waals surface area contributed by atoms with Crippen molar-refractivity contribution in [3.8, 4) is 11.5 Å². The lowest BCUT2D eigenvalue weighted by atomic mass is 9.86. The standard InChI is InChI=1S/C20H17ClO2/c1-20(2,19(21)22)16-8-11-17(12-9-16)23-18-10-7-14-5-3-4-6-15(14)13-18/h3-13H,1-2H3. The largest absolute Gasteiger partial charge is 0.457 e. The van der Waals surface area contributed by atoms with Crippen molar-refractivity contribution >= 4 is 27.6 Å². The van der Waals surface area contributed by atoms with Crippen LogP contribution >= 0.6 is 11.6 Å². The van der Waals surface area contributed by atoms with Crippen LogP contribution in [-0.4, -0.2) is 5.24 Å². The van der Waals surface area contributed by atoms with Crippen molar-refractivity contribution in [2.75, 3.05) is 0 Å². The van der Waals surface area contributed by atoms with Crippen molar-refractivity contribution in [3.05, 3.63) is 72.3 Å². The Bertz CT molecular complexity index is 851.